The molecule has 2 aliphatic heterocycles. The van der Waals surface area contributed by atoms with Crippen LogP contribution in [0, 0.1) is 17.0 Å². The van der Waals surface area contributed by atoms with Crippen LogP contribution in [-0.2, 0) is 11.8 Å². The van der Waals surface area contributed by atoms with Crippen molar-refractivity contribution in [1.82, 2.24) is 9.55 Å². The van der Waals surface area contributed by atoms with Gasteiger partial charge in [-0.2, -0.15) is 0 Å². The summed E-state index contributed by atoms with van der Waals surface area (Å²) in [6.45, 7) is 1.76. The highest BCUT2D eigenvalue weighted by molar-refractivity contribution is 5.54. The second kappa shape index (κ2) is 3.94. The molecule has 2 bridgehead atoms. The minimum Gasteiger partial charge on any atom is -0.373 e. The number of nitrogens with zero attached hydrogens (tertiary/aromatic N) is 3. The Balaban J connectivity index is 1.86. The number of hydrogen-bond acceptors (Lipinski definition) is 5. The lowest BCUT2D eigenvalue weighted by atomic mass is 9.95. The lowest BCUT2D eigenvalue weighted by molar-refractivity contribution is -0.388. The summed E-state index contributed by atoms with van der Waals surface area (Å²) in [5.74, 6) is 1.02. The van der Waals surface area contributed by atoms with Gasteiger partial charge in [0.1, 0.15) is 0 Å². The van der Waals surface area contributed by atoms with Gasteiger partial charge < -0.3 is 20.2 Å². The Bertz CT molecular complexity index is 499. The third-order valence-corrected chi connectivity index (χ3v) is 3.90. The molecule has 0 radical (unpaired) electrons. The zero-order valence-electron chi connectivity index (χ0n) is 10.4. The number of anilines is 1. The fourth-order valence-electron chi connectivity index (χ4n) is 2.85. The predicted molar refractivity (Wildman–Crippen MR) is 64.5 cm³/mol. The smallest absolute Gasteiger partial charge is 0.373 e. The summed E-state index contributed by atoms with van der Waals surface area (Å²) in [6, 6.07) is 0.164. The SMILES string of the molecule is Cc1nc([N+](=O)[O-])c(NC2CC3CCC2O3)n1C. The highest BCUT2D eigenvalue weighted by atomic mass is 16.6. The maximum atomic E-state index is 11.0. The first-order valence-electron chi connectivity index (χ1n) is 6.16. The average molecular weight is 252 g/mol. The molecule has 2 saturated heterocycles. The van der Waals surface area contributed by atoms with Crippen molar-refractivity contribution < 1.29 is 9.66 Å². The normalized spacial score (nSPS) is 29.8. The molecule has 3 heterocycles. The number of imidazole rings is 1. The Hall–Kier alpha value is -1.63. The van der Waals surface area contributed by atoms with E-state index in [4.69, 9.17) is 4.74 Å². The number of nitrogens with one attached hydrogen (secondary N) is 1. The van der Waals surface area contributed by atoms with Crippen LogP contribution in [0.4, 0.5) is 11.6 Å². The fraction of sp³-hybridized carbons (Fsp3) is 0.727. The molecule has 0 aromatic carbocycles. The van der Waals surface area contributed by atoms with Gasteiger partial charge in [0.15, 0.2) is 0 Å². The predicted octanol–water partition coefficient (Wildman–Crippen LogP) is 1.37. The lowest BCUT2D eigenvalue weighted by Crippen LogP contribution is -2.31. The van der Waals surface area contributed by atoms with E-state index in [1.165, 1.54) is 0 Å². The number of fused-ring (bicyclic) bond motifs is 2. The Morgan fingerprint density at radius 3 is 2.89 bits per heavy atom. The van der Waals surface area contributed by atoms with Crippen molar-refractivity contribution in [3.8, 4) is 0 Å². The van der Waals surface area contributed by atoms with Gasteiger partial charge in [0.2, 0.25) is 11.6 Å². The van der Waals surface area contributed by atoms with Crippen LogP contribution in [0.1, 0.15) is 25.1 Å². The van der Waals surface area contributed by atoms with Gasteiger partial charge in [0.25, 0.3) is 0 Å². The minimum atomic E-state index is -0.441. The molecule has 0 aliphatic carbocycles. The minimum absolute atomic E-state index is 0.0993. The largest absolute Gasteiger partial charge is 0.406 e. The first kappa shape index (κ1) is 11.5. The van der Waals surface area contributed by atoms with Gasteiger partial charge in [-0.15, -0.1) is 0 Å². The summed E-state index contributed by atoms with van der Waals surface area (Å²) in [5.41, 5.74) is 0. The molecule has 3 rings (SSSR count). The molecular formula is C11H16N4O3. The van der Waals surface area contributed by atoms with Gasteiger partial charge in [0, 0.05) is 14.0 Å². The van der Waals surface area contributed by atoms with Crippen molar-refractivity contribution in [2.45, 2.75) is 44.4 Å². The van der Waals surface area contributed by atoms with Crippen LogP contribution < -0.4 is 5.32 Å². The maximum Gasteiger partial charge on any atom is 0.406 e. The second-order valence-corrected chi connectivity index (χ2v) is 5.01. The van der Waals surface area contributed by atoms with Crippen LogP contribution in [0.3, 0.4) is 0 Å². The first-order valence-corrected chi connectivity index (χ1v) is 6.16. The second-order valence-electron chi connectivity index (χ2n) is 5.01. The van der Waals surface area contributed by atoms with E-state index < -0.39 is 4.92 Å². The van der Waals surface area contributed by atoms with E-state index in [1.807, 2.05) is 0 Å². The Kier molecular flexibility index (Phi) is 2.51. The van der Waals surface area contributed by atoms with E-state index in [0.717, 1.165) is 19.3 Å². The van der Waals surface area contributed by atoms with Crippen LogP contribution in [-0.4, -0.2) is 32.7 Å². The molecule has 3 atom stereocenters. The molecule has 0 spiro atoms. The van der Waals surface area contributed by atoms with E-state index in [2.05, 4.69) is 10.3 Å². The number of hydrogen-bond donors (Lipinski definition) is 1. The van der Waals surface area contributed by atoms with E-state index in [0.29, 0.717) is 17.7 Å². The van der Waals surface area contributed by atoms with Crippen LogP contribution in [0.15, 0.2) is 0 Å². The summed E-state index contributed by atoms with van der Waals surface area (Å²) in [6.07, 6.45) is 3.57. The average Bonchev–Trinajstić information content (AvgIpc) is 2.99. The lowest BCUT2D eigenvalue weighted by Gasteiger charge is -2.20. The third kappa shape index (κ3) is 1.66. The quantitative estimate of drug-likeness (QED) is 0.649. The summed E-state index contributed by atoms with van der Waals surface area (Å²) in [5, 5.41) is 14.2. The topological polar surface area (TPSA) is 82.2 Å². The molecule has 1 aromatic rings. The Morgan fingerprint density at radius 1 is 1.56 bits per heavy atom. The van der Waals surface area contributed by atoms with Gasteiger partial charge in [-0.05, 0) is 29.2 Å². The summed E-state index contributed by atoms with van der Waals surface area (Å²) >= 11 is 0. The summed E-state index contributed by atoms with van der Waals surface area (Å²) < 4.78 is 7.47. The van der Waals surface area contributed by atoms with E-state index in [9.17, 15) is 10.1 Å². The van der Waals surface area contributed by atoms with E-state index in [-0.39, 0.29) is 18.0 Å². The molecule has 98 valence electrons. The number of rotatable bonds is 3. The monoisotopic (exact) mass is 252 g/mol. The molecule has 2 fully saturated rings. The highest BCUT2D eigenvalue weighted by Crippen LogP contribution is 2.37. The third-order valence-electron chi connectivity index (χ3n) is 3.90. The molecule has 3 unspecified atom stereocenters. The number of nitro groups is 1. The van der Waals surface area contributed by atoms with Crippen LogP contribution in [0.5, 0.6) is 0 Å². The number of aromatic nitrogens is 2. The Morgan fingerprint density at radius 2 is 2.33 bits per heavy atom. The molecule has 2 aliphatic rings. The molecular weight excluding hydrogens is 236 g/mol. The van der Waals surface area contributed by atoms with Crippen molar-refractivity contribution in [2.75, 3.05) is 5.32 Å². The van der Waals surface area contributed by atoms with E-state index >= 15 is 0 Å². The zero-order valence-corrected chi connectivity index (χ0v) is 10.4. The van der Waals surface area contributed by atoms with Crippen molar-refractivity contribution >= 4 is 11.6 Å². The molecule has 0 amide bonds. The molecule has 7 heteroatoms. The molecule has 7 nitrogen and oxygen atoms in total. The summed E-state index contributed by atoms with van der Waals surface area (Å²) in [7, 11) is 1.78. The van der Waals surface area contributed by atoms with Gasteiger partial charge in [-0.3, -0.25) is 4.57 Å². The van der Waals surface area contributed by atoms with Gasteiger partial charge in [-0.1, -0.05) is 0 Å². The van der Waals surface area contributed by atoms with E-state index in [1.54, 1.807) is 18.5 Å². The van der Waals surface area contributed by atoms with Crippen molar-refractivity contribution in [3.63, 3.8) is 0 Å². The van der Waals surface area contributed by atoms with Crippen molar-refractivity contribution in [2.24, 2.45) is 7.05 Å². The van der Waals surface area contributed by atoms with Gasteiger partial charge >= 0.3 is 5.82 Å². The Labute approximate surface area is 104 Å². The first-order chi connectivity index (χ1) is 8.56. The highest BCUT2D eigenvalue weighted by Gasteiger charge is 2.42. The molecule has 18 heavy (non-hydrogen) atoms. The van der Waals surface area contributed by atoms with Crippen LogP contribution >= 0.6 is 0 Å². The fourth-order valence-corrected chi connectivity index (χ4v) is 2.85. The molecule has 0 saturated carbocycles. The van der Waals surface area contributed by atoms with Crippen LogP contribution in [0.25, 0.3) is 0 Å². The number of ether oxygens (including phenoxy) is 1. The van der Waals surface area contributed by atoms with Gasteiger partial charge in [-0.25, -0.2) is 0 Å². The van der Waals surface area contributed by atoms with Crippen molar-refractivity contribution in [3.05, 3.63) is 15.9 Å². The number of aryl methyl sites for hydroxylation is 1. The standard InChI is InChI=1S/C11H16N4O3/c1-6-12-11(15(16)17)10(14(6)2)13-8-5-7-3-4-9(8)18-7/h7-9,13H,3-5H2,1-2H3. The molecule has 1 N–H and O–H groups in total. The zero-order chi connectivity index (χ0) is 12.9. The maximum absolute atomic E-state index is 11.0. The van der Waals surface area contributed by atoms with Crippen molar-refractivity contribution in [1.29, 1.82) is 0 Å². The molecule has 1 aromatic heterocycles. The van der Waals surface area contributed by atoms with Crippen LogP contribution in [0.2, 0.25) is 0 Å². The summed E-state index contributed by atoms with van der Waals surface area (Å²) in [4.78, 5) is 14.5. The van der Waals surface area contributed by atoms with Gasteiger partial charge in [0.05, 0.1) is 18.2 Å².